The van der Waals surface area contributed by atoms with Gasteiger partial charge < -0.3 is 15.5 Å². The highest BCUT2D eigenvalue weighted by Crippen LogP contribution is 1.89. The predicted molar refractivity (Wildman–Crippen MR) is 68.6 cm³/mol. The normalized spacial score (nSPS) is 11.1. The Balaban J connectivity index is 3.40. The molecule has 0 radical (unpaired) electrons. The summed E-state index contributed by atoms with van der Waals surface area (Å²) in [7, 11) is 0. The molecule has 0 unspecified atom stereocenters. The Morgan fingerprint density at radius 3 is 2.38 bits per heavy atom. The summed E-state index contributed by atoms with van der Waals surface area (Å²) < 4.78 is 0. The fraction of sp³-hybridized carbons (Fsp3) is 0.917. The number of hydrogen-bond donors (Lipinski definition) is 2. The predicted octanol–water partition coefficient (Wildman–Crippen LogP) is 0.833. The molecule has 0 fully saturated rings. The number of hydrogen-bond acceptors (Lipinski definition) is 3. The van der Waals surface area contributed by atoms with E-state index in [4.69, 9.17) is 0 Å². The third-order valence-corrected chi connectivity index (χ3v) is 2.54. The zero-order valence-corrected chi connectivity index (χ0v) is 11.2. The molecule has 0 bridgehead atoms. The third kappa shape index (κ3) is 8.68. The van der Waals surface area contributed by atoms with Gasteiger partial charge in [0.05, 0.1) is 6.54 Å². The standard InChI is InChI=1S/C12H27N3O/c1-5-15(6-2)9-7-8-13-12(16)10-14-11(3)4/h11,14H,5-10H2,1-4H3,(H,13,16). The first-order valence-electron chi connectivity index (χ1n) is 6.32. The van der Waals surface area contributed by atoms with Crippen molar-refractivity contribution >= 4 is 5.91 Å². The maximum absolute atomic E-state index is 11.3. The second-order valence-corrected chi connectivity index (χ2v) is 4.27. The molecule has 0 aromatic rings. The van der Waals surface area contributed by atoms with Gasteiger partial charge in [-0.1, -0.05) is 27.7 Å². The molecule has 4 heteroatoms. The van der Waals surface area contributed by atoms with E-state index in [1.165, 1.54) is 0 Å². The number of amides is 1. The van der Waals surface area contributed by atoms with E-state index in [9.17, 15) is 4.79 Å². The summed E-state index contributed by atoms with van der Waals surface area (Å²) in [5.41, 5.74) is 0. The maximum atomic E-state index is 11.3. The molecular weight excluding hydrogens is 202 g/mol. The Labute approximate surface area is 99.8 Å². The lowest BCUT2D eigenvalue weighted by Gasteiger charge is -2.17. The molecule has 4 nitrogen and oxygen atoms in total. The zero-order valence-electron chi connectivity index (χ0n) is 11.2. The van der Waals surface area contributed by atoms with Crippen molar-refractivity contribution < 1.29 is 4.79 Å². The van der Waals surface area contributed by atoms with E-state index in [1.54, 1.807) is 0 Å². The van der Waals surface area contributed by atoms with Gasteiger partial charge in [-0.3, -0.25) is 4.79 Å². The molecule has 0 saturated heterocycles. The molecule has 96 valence electrons. The Morgan fingerprint density at radius 2 is 1.88 bits per heavy atom. The van der Waals surface area contributed by atoms with E-state index in [1.807, 2.05) is 13.8 Å². The number of nitrogens with one attached hydrogen (secondary N) is 2. The fourth-order valence-corrected chi connectivity index (χ4v) is 1.43. The highest BCUT2D eigenvalue weighted by atomic mass is 16.1. The lowest BCUT2D eigenvalue weighted by Crippen LogP contribution is -2.38. The first kappa shape index (κ1) is 15.4. The van der Waals surface area contributed by atoms with Crippen molar-refractivity contribution in [2.75, 3.05) is 32.7 Å². The van der Waals surface area contributed by atoms with Gasteiger partial charge in [0, 0.05) is 12.6 Å². The number of carbonyl (C=O) groups is 1. The molecule has 0 spiro atoms. The van der Waals surface area contributed by atoms with Crippen LogP contribution in [0.5, 0.6) is 0 Å². The first-order valence-corrected chi connectivity index (χ1v) is 6.32. The Kier molecular flexibility index (Phi) is 9.24. The van der Waals surface area contributed by atoms with Gasteiger partial charge in [0.1, 0.15) is 0 Å². The molecule has 0 heterocycles. The van der Waals surface area contributed by atoms with Gasteiger partial charge in [0.15, 0.2) is 0 Å². The van der Waals surface area contributed by atoms with Crippen molar-refractivity contribution in [1.29, 1.82) is 0 Å². The van der Waals surface area contributed by atoms with Crippen LogP contribution < -0.4 is 10.6 Å². The van der Waals surface area contributed by atoms with Crippen LogP contribution in [0.1, 0.15) is 34.1 Å². The zero-order chi connectivity index (χ0) is 12.4. The minimum Gasteiger partial charge on any atom is -0.355 e. The lowest BCUT2D eigenvalue weighted by molar-refractivity contribution is -0.120. The van der Waals surface area contributed by atoms with Gasteiger partial charge in [-0.25, -0.2) is 0 Å². The van der Waals surface area contributed by atoms with Crippen LogP contribution in [-0.4, -0.2) is 49.6 Å². The molecule has 0 aliphatic carbocycles. The average Bonchev–Trinajstić information content (AvgIpc) is 2.26. The number of carbonyl (C=O) groups excluding carboxylic acids is 1. The van der Waals surface area contributed by atoms with Crippen LogP contribution in [-0.2, 0) is 4.79 Å². The van der Waals surface area contributed by atoms with Crippen molar-refractivity contribution in [1.82, 2.24) is 15.5 Å². The topological polar surface area (TPSA) is 44.4 Å². The quantitative estimate of drug-likeness (QED) is 0.576. The van der Waals surface area contributed by atoms with E-state index in [0.29, 0.717) is 12.6 Å². The third-order valence-electron chi connectivity index (χ3n) is 2.54. The molecule has 0 aromatic heterocycles. The summed E-state index contributed by atoms with van der Waals surface area (Å²) in [6.45, 7) is 12.8. The highest BCUT2D eigenvalue weighted by molar-refractivity contribution is 5.77. The summed E-state index contributed by atoms with van der Waals surface area (Å²) in [5.74, 6) is 0.0910. The summed E-state index contributed by atoms with van der Waals surface area (Å²) in [6.07, 6.45) is 1.02. The van der Waals surface area contributed by atoms with Crippen molar-refractivity contribution in [3.63, 3.8) is 0 Å². The first-order chi connectivity index (χ1) is 7.60. The van der Waals surface area contributed by atoms with Crippen LogP contribution in [0.15, 0.2) is 0 Å². The average molecular weight is 229 g/mol. The Morgan fingerprint density at radius 1 is 1.25 bits per heavy atom. The van der Waals surface area contributed by atoms with E-state index in [0.717, 1.165) is 32.6 Å². The molecule has 0 atom stereocenters. The van der Waals surface area contributed by atoms with Gasteiger partial charge in [-0.05, 0) is 26.1 Å². The smallest absolute Gasteiger partial charge is 0.233 e. The summed E-state index contributed by atoms with van der Waals surface area (Å²) in [5, 5.41) is 6.01. The second kappa shape index (κ2) is 9.60. The van der Waals surface area contributed by atoms with Crippen molar-refractivity contribution in [2.24, 2.45) is 0 Å². The Hall–Kier alpha value is -0.610. The van der Waals surface area contributed by atoms with Crippen LogP contribution in [0.3, 0.4) is 0 Å². The van der Waals surface area contributed by atoms with E-state index in [2.05, 4.69) is 29.4 Å². The molecule has 1 amide bonds. The fourth-order valence-electron chi connectivity index (χ4n) is 1.43. The number of nitrogens with zero attached hydrogens (tertiary/aromatic N) is 1. The number of rotatable bonds is 9. The monoisotopic (exact) mass is 229 g/mol. The molecule has 16 heavy (non-hydrogen) atoms. The van der Waals surface area contributed by atoms with Gasteiger partial charge in [-0.2, -0.15) is 0 Å². The Bertz CT molecular complexity index is 179. The largest absolute Gasteiger partial charge is 0.355 e. The van der Waals surface area contributed by atoms with Crippen molar-refractivity contribution in [2.45, 2.75) is 40.2 Å². The molecule has 0 saturated carbocycles. The van der Waals surface area contributed by atoms with Crippen LogP contribution in [0.2, 0.25) is 0 Å². The van der Waals surface area contributed by atoms with E-state index in [-0.39, 0.29) is 5.91 Å². The van der Waals surface area contributed by atoms with Crippen LogP contribution in [0.25, 0.3) is 0 Å². The maximum Gasteiger partial charge on any atom is 0.233 e. The van der Waals surface area contributed by atoms with E-state index >= 15 is 0 Å². The minimum atomic E-state index is 0.0910. The molecule has 2 N–H and O–H groups in total. The molecule has 0 aliphatic rings. The van der Waals surface area contributed by atoms with Gasteiger partial charge >= 0.3 is 0 Å². The van der Waals surface area contributed by atoms with Crippen LogP contribution >= 0.6 is 0 Å². The highest BCUT2D eigenvalue weighted by Gasteiger charge is 2.02. The minimum absolute atomic E-state index is 0.0910. The van der Waals surface area contributed by atoms with Crippen LogP contribution in [0, 0.1) is 0 Å². The molecule has 0 aromatic carbocycles. The van der Waals surface area contributed by atoms with Crippen molar-refractivity contribution in [3.8, 4) is 0 Å². The SMILES string of the molecule is CCN(CC)CCCNC(=O)CNC(C)C. The van der Waals surface area contributed by atoms with Crippen LogP contribution in [0.4, 0.5) is 0 Å². The van der Waals surface area contributed by atoms with Crippen molar-refractivity contribution in [3.05, 3.63) is 0 Å². The second-order valence-electron chi connectivity index (χ2n) is 4.27. The van der Waals surface area contributed by atoms with E-state index < -0.39 is 0 Å². The van der Waals surface area contributed by atoms with Gasteiger partial charge in [0.25, 0.3) is 0 Å². The summed E-state index contributed by atoms with van der Waals surface area (Å²) >= 11 is 0. The molecule has 0 rings (SSSR count). The molecular formula is C12H27N3O. The lowest BCUT2D eigenvalue weighted by atomic mass is 10.3. The van der Waals surface area contributed by atoms with Gasteiger partial charge in [-0.15, -0.1) is 0 Å². The molecule has 0 aliphatic heterocycles. The summed E-state index contributed by atoms with van der Waals surface area (Å²) in [4.78, 5) is 13.7. The van der Waals surface area contributed by atoms with Gasteiger partial charge in [0.2, 0.25) is 5.91 Å². The summed E-state index contributed by atoms with van der Waals surface area (Å²) in [6, 6.07) is 0.362.